The molecule has 20 heteroatoms. The summed E-state index contributed by atoms with van der Waals surface area (Å²) in [4.78, 5) is 43.1. The highest BCUT2D eigenvalue weighted by Crippen LogP contribution is 2.26. The van der Waals surface area contributed by atoms with E-state index in [9.17, 15) is 0 Å². The van der Waals surface area contributed by atoms with Gasteiger partial charge in [0, 0.05) is 0 Å². The Kier molecular flexibility index (Phi) is 246. The second kappa shape index (κ2) is 42.8. The molecule has 0 atom stereocenters. The van der Waals surface area contributed by atoms with Gasteiger partial charge in [0.25, 0.3) is 0 Å². The lowest BCUT2D eigenvalue weighted by molar-refractivity contribution is 0.272. The van der Waals surface area contributed by atoms with Crippen LogP contribution < -0.4 is 0 Å². The highest BCUT2D eigenvalue weighted by atomic mass is 31.2. The molecule has 0 rings (SSSR count). The van der Waals surface area contributed by atoms with E-state index in [2.05, 4.69) is 0 Å². The second-order valence-corrected chi connectivity index (χ2v) is 3.08. The minimum absolute atomic E-state index is 0. The fourth-order valence-electron chi connectivity index (χ4n) is 0. The predicted molar refractivity (Wildman–Crippen MR) is 64.7 cm³/mol. The van der Waals surface area contributed by atoms with Crippen LogP contribution in [0.3, 0.4) is 0 Å². The van der Waals surface area contributed by atoms with Crippen LogP contribution in [-0.4, -0.2) is 84.1 Å². The molecule has 0 aliphatic rings. The van der Waals surface area contributed by atoms with Crippen molar-refractivity contribution in [3.8, 4) is 0 Å². The van der Waals surface area contributed by atoms with E-state index in [0.29, 0.717) is 0 Å². The van der Waals surface area contributed by atoms with Gasteiger partial charge in [0.2, 0.25) is 0 Å². The molecule has 18 nitrogen and oxygen atoms in total. The van der Waals surface area contributed by atoms with Gasteiger partial charge in [-0.15, -0.1) is 0 Å². The van der Waals surface area contributed by atoms with Crippen LogP contribution in [0.4, 0.5) is 0 Å². The van der Waals surface area contributed by atoms with Crippen molar-refractivity contribution < 1.29 is 93.3 Å². The average Bonchev–Trinajstić information content (AvgIpc) is 1.12. The van der Waals surface area contributed by atoms with Crippen molar-refractivity contribution in [2.45, 2.75) is 0 Å². The molecule has 0 heterocycles. The molecule has 0 aromatic heterocycles. The van der Waals surface area contributed by atoms with Gasteiger partial charge < -0.3 is 84.1 Å². The first kappa shape index (κ1) is 115. The standard InChI is InChI=1S/2H3O4P.10H2O/c2*1-5(2,3)4;;;;;;;;;;/h2*(H3,1,2,3,4);10*1H2. The zero-order valence-electron chi connectivity index (χ0n) is 9.39. The van der Waals surface area contributed by atoms with Gasteiger partial charge in [-0.3, -0.25) is 0 Å². The third-order valence-corrected chi connectivity index (χ3v) is 0. The zero-order valence-corrected chi connectivity index (χ0v) is 11.2. The lowest BCUT2D eigenvalue weighted by Crippen LogP contribution is -1.66. The van der Waals surface area contributed by atoms with Gasteiger partial charge in [0.15, 0.2) is 0 Å². The van der Waals surface area contributed by atoms with Crippen molar-refractivity contribution >= 4 is 15.6 Å². The Balaban J connectivity index is -0.00000000427. The molecule has 0 spiro atoms. The number of hydrogen-bond donors (Lipinski definition) is 6. The topological polar surface area (TPSA) is 471 Å². The Morgan fingerprint density at radius 1 is 0.350 bits per heavy atom. The second-order valence-electron chi connectivity index (χ2n) is 1.03. The van der Waals surface area contributed by atoms with Gasteiger partial charge in [-0.25, -0.2) is 9.13 Å². The smallest absolute Gasteiger partial charge is 0.412 e. The highest BCUT2D eigenvalue weighted by molar-refractivity contribution is 7.45. The summed E-state index contributed by atoms with van der Waals surface area (Å²) in [7, 11) is -9.28. The molecule has 0 aromatic rings. The van der Waals surface area contributed by atoms with Crippen LogP contribution in [-0.2, 0) is 9.13 Å². The summed E-state index contributed by atoms with van der Waals surface area (Å²) >= 11 is 0. The largest absolute Gasteiger partial charge is 0.466 e. The van der Waals surface area contributed by atoms with Crippen molar-refractivity contribution in [2.24, 2.45) is 0 Å². The van der Waals surface area contributed by atoms with Crippen LogP contribution >= 0.6 is 15.6 Å². The first-order valence-electron chi connectivity index (χ1n) is 1.57. The molecule has 0 fully saturated rings. The van der Waals surface area contributed by atoms with Gasteiger partial charge >= 0.3 is 15.6 Å². The first-order chi connectivity index (χ1) is 4.00. The highest BCUT2D eigenvalue weighted by Gasteiger charge is 2.00. The van der Waals surface area contributed by atoms with Crippen molar-refractivity contribution in [1.82, 2.24) is 0 Å². The lowest BCUT2D eigenvalue weighted by Gasteiger charge is -1.82. The molecular weight excluding hydrogens is 350 g/mol. The van der Waals surface area contributed by atoms with Gasteiger partial charge in [-0.1, -0.05) is 0 Å². The lowest BCUT2D eigenvalue weighted by atomic mass is 15.8. The Labute approximate surface area is 110 Å². The van der Waals surface area contributed by atoms with E-state index in [0.717, 1.165) is 0 Å². The predicted octanol–water partition coefficient (Wildman–Crippen LogP) is -10.1. The third kappa shape index (κ3) is 156000. The third-order valence-electron chi connectivity index (χ3n) is 0. The monoisotopic (exact) mass is 376 g/mol. The molecular formula is H26O18P2. The van der Waals surface area contributed by atoms with Crippen LogP contribution in [0.25, 0.3) is 0 Å². The normalized spacial score (nSPS) is 5.90. The van der Waals surface area contributed by atoms with Crippen LogP contribution in [0.2, 0.25) is 0 Å². The van der Waals surface area contributed by atoms with E-state index < -0.39 is 15.6 Å². The molecule has 0 amide bonds. The SMILES string of the molecule is O.O.O.O.O.O.O.O.O.O.O=P(O)(O)O.O=P(O)(O)O. The van der Waals surface area contributed by atoms with Gasteiger partial charge in [0.05, 0.1) is 0 Å². The molecule has 0 aliphatic carbocycles. The maximum absolute atomic E-state index is 8.88. The van der Waals surface area contributed by atoms with Gasteiger partial charge in [-0.05, 0) is 0 Å². The maximum Gasteiger partial charge on any atom is 0.466 e. The van der Waals surface area contributed by atoms with Crippen LogP contribution in [0.5, 0.6) is 0 Å². The zero-order chi connectivity index (χ0) is 9.00. The minimum Gasteiger partial charge on any atom is -0.412 e. The Morgan fingerprint density at radius 2 is 0.350 bits per heavy atom. The van der Waals surface area contributed by atoms with E-state index in [1.54, 1.807) is 0 Å². The molecule has 20 heavy (non-hydrogen) atoms. The first-order valence-corrected chi connectivity index (χ1v) is 4.70. The molecule has 144 valence electrons. The summed E-state index contributed by atoms with van der Waals surface area (Å²) in [5.74, 6) is 0. The van der Waals surface area contributed by atoms with Crippen LogP contribution in [0.15, 0.2) is 0 Å². The molecule has 0 saturated carbocycles. The van der Waals surface area contributed by atoms with E-state index in [-0.39, 0.29) is 54.8 Å². The van der Waals surface area contributed by atoms with E-state index in [4.69, 9.17) is 38.5 Å². The minimum atomic E-state index is -4.64. The average molecular weight is 376 g/mol. The van der Waals surface area contributed by atoms with Crippen LogP contribution in [0.1, 0.15) is 0 Å². The van der Waals surface area contributed by atoms with Gasteiger partial charge in [-0.2, -0.15) is 0 Å². The number of hydrogen-bond acceptors (Lipinski definition) is 2. The summed E-state index contributed by atoms with van der Waals surface area (Å²) in [6.45, 7) is 0. The summed E-state index contributed by atoms with van der Waals surface area (Å²) in [6.07, 6.45) is 0. The molecule has 0 radical (unpaired) electrons. The summed E-state index contributed by atoms with van der Waals surface area (Å²) in [5.41, 5.74) is 0. The van der Waals surface area contributed by atoms with Crippen LogP contribution in [0, 0.1) is 0 Å². The number of rotatable bonds is 0. The van der Waals surface area contributed by atoms with E-state index in [1.807, 2.05) is 0 Å². The molecule has 0 aliphatic heterocycles. The summed E-state index contributed by atoms with van der Waals surface area (Å²) < 4.78 is 17.8. The maximum atomic E-state index is 8.88. The van der Waals surface area contributed by atoms with Crippen molar-refractivity contribution in [3.63, 3.8) is 0 Å². The molecule has 0 unspecified atom stereocenters. The fraction of sp³-hybridized carbons (Fsp3) is 0. The molecule has 26 N–H and O–H groups in total. The van der Waals surface area contributed by atoms with Gasteiger partial charge in [0.1, 0.15) is 0 Å². The molecule has 0 bridgehead atoms. The van der Waals surface area contributed by atoms with E-state index in [1.165, 1.54) is 0 Å². The van der Waals surface area contributed by atoms with Crippen molar-refractivity contribution in [1.29, 1.82) is 0 Å². The van der Waals surface area contributed by atoms with Crippen molar-refractivity contribution in [3.05, 3.63) is 0 Å². The quantitative estimate of drug-likeness (QED) is 0.220. The summed E-state index contributed by atoms with van der Waals surface area (Å²) in [6, 6.07) is 0. The fourth-order valence-corrected chi connectivity index (χ4v) is 0. The summed E-state index contributed by atoms with van der Waals surface area (Å²) in [5, 5.41) is 0. The Bertz CT molecular complexity index is 122. The number of phosphoric acid groups is 2. The molecule has 0 aromatic carbocycles. The Morgan fingerprint density at radius 3 is 0.350 bits per heavy atom. The molecule has 0 saturated heterocycles. The van der Waals surface area contributed by atoms with E-state index >= 15 is 0 Å². The van der Waals surface area contributed by atoms with Crippen molar-refractivity contribution in [2.75, 3.05) is 0 Å². The Hall–Kier alpha value is -0.180.